The highest BCUT2D eigenvalue weighted by molar-refractivity contribution is 7.89. The summed E-state index contributed by atoms with van der Waals surface area (Å²) in [6, 6.07) is 12.0. The number of benzene rings is 2. The fraction of sp³-hybridized carbons (Fsp3) is 0.409. The molecular formula is C22H26N2O5S. The Morgan fingerprint density at radius 1 is 1.07 bits per heavy atom. The lowest BCUT2D eigenvalue weighted by atomic mass is 10.0. The third-order valence-corrected chi connectivity index (χ3v) is 6.98. The molecule has 1 amide bonds. The molecule has 2 aliphatic rings. The fourth-order valence-electron chi connectivity index (χ4n) is 3.96. The smallest absolute Gasteiger partial charge is 0.254 e. The maximum Gasteiger partial charge on any atom is 0.254 e. The zero-order chi connectivity index (χ0) is 21.1. The van der Waals surface area contributed by atoms with Crippen molar-refractivity contribution in [1.29, 1.82) is 0 Å². The van der Waals surface area contributed by atoms with Gasteiger partial charge < -0.3 is 14.4 Å². The molecule has 160 valence electrons. The van der Waals surface area contributed by atoms with Crippen LogP contribution in [0.25, 0.3) is 0 Å². The molecule has 0 bridgehead atoms. The quantitative estimate of drug-likeness (QED) is 0.788. The molecule has 8 heteroatoms. The van der Waals surface area contributed by atoms with Crippen LogP contribution < -0.4 is 14.2 Å². The number of hydrogen-bond donors (Lipinski definition) is 1. The standard InChI is InChI=1S/C22H26N2O5S/c1-2-23-30(26,27)18-9-6-16(7-10-18)22(25)24-12-3-5-19(24)17-8-11-20-21(15-17)29-14-4-13-28-20/h6-11,15,19,23H,2-5,12-14H2,1H3/t19-/m0/s1. The van der Waals surface area contributed by atoms with Gasteiger partial charge in [-0.1, -0.05) is 13.0 Å². The second-order valence-corrected chi connectivity index (χ2v) is 9.21. The van der Waals surface area contributed by atoms with Crippen LogP contribution in [0.5, 0.6) is 11.5 Å². The summed E-state index contributed by atoms with van der Waals surface area (Å²) < 4.78 is 38.2. The molecule has 2 heterocycles. The first kappa shape index (κ1) is 20.7. The van der Waals surface area contributed by atoms with Crippen molar-refractivity contribution in [2.75, 3.05) is 26.3 Å². The lowest BCUT2D eigenvalue weighted by Gasteiger charge is -2.26. The van der Waals surface area contributed by atoms with Gasteiger partial charge in [0.1, 0.15) is 0 Å². The van der Waals surface area contributed by atoms with Crippen molar-refractivity contribution in [1.82, 2.24) is 9.62 Å². The summed E-state index contributed by atoms with van der Waals surface area (Å²) in [5, 5.41) is 0. The minimum absolute atomic E-state index is 0.0418. The monoisotopic (exact) mass is 430 g/mol. The minimum Gasteiger partial charge on any atom is -0.490 e. The largest absolute Gasteiger partial charge is 0.490 e. The summed E-state index contributed by atoms with van der Waals surface area (Å²) in [4.78, 5) is 15.2. The van der Waals surface area contributed by atoms with E-state index in [4.69, 9.17) is 9.47 Å². The van der Waals surface area contributed by atoms with Crippen LogP contribution in [-0.2, 0) is 10.0 Å². The second-order valence-electron chi connectivity index (χ2n) is 7.44. The van der Waals surface area contributed by atoms with E-state index in [0.29, 0.717) is 31.9 Å². The van der Waals surface area contributed by atoms with Crippen LogP contribution in [-0.4, -0.2) is 45.5 Å². The van der Waals surface area contributed by atoms with E-state index in [2.05, 4.69) is 4.72 Å². The predicted molar refractivity (Wildman–Crippen MR) is 112 cm³/mol. The number of nitrogens with zero attached hydrogens (tertiary/aromatic N) is 1. The summed E-state index contributed by atoms with van der Waals surface area (Å²) >= 11 is 0. The van der Waals surface area contributed by atoms with Gasteiger partial charge in [0.05, 0.1) is 24.2 Å². The third kappa shape index (κ3) is 4.15. The Hall–Kier alpha value is -2.58. The number of hydrogen-bond acceptors (Lipinski definition) is 5. The average Bonchev–Trinajstić information content (AvgIpc) is 3.12. The summed E-state index contributed by atoms with van der Waals surface area (Å²) in [7, 11) is -3.54. The van der Waals surface area contributed by atoms with Gasteiger partial charge in [0.15, 0.2) is 11.5 Å². The Kier molecular flexibility index (Phi) is 5.97. The molecule has 30 heavy (non-hydrogen) atoms. The molecule has 0 radical (unpaired) electrons. The highest BCUT2D eigenvalue weighted by Gasteiger charge is 2.31. The molecule has 1 fully saturated rings. The zero-order valence-electron chi connectivity index (χ0n) is 17.0. The number of amides is 1. The van der Waals surface area contributed by atoms with Gasteiger partial charge in [-0.3, -0.25) is 4.79 Å². The van der Waals surface area contributed by atoms with Crippen LogP contribution in [0.3, 0.4) is 0 Å². The number of carbonyl (C=O) groups excluding carboxylic acids is 1. The molecule has 1 atom stereocenters. The normalized spacial score (nSPS) is 18.8. The van der Waals surface area contributed by atoms with Crippen LogP contribution in [0.2, 0.25) is 0 Å². The lowest BCUT2D eigenvalue weighted by molar-refractivity contribution is 0.0735. The van der Waals surface area contributed by atoms with E-state index in [9.17, 15) is 13.2 Å². The van der Waals surface area contributed by atoms with Gasteiger partial charge in [-0.05, 0) is 54.8 Å². The predicted octanol–water partition coefficient (Wildman–Crippen LogP) is 3.12. The molecular weight excluding hydrogens is 404 g/mol. The van der Waals surface area contributed by atoms with Gasteiger partial charge in [-0.25, -0.2) is 13.1 Å². The first-order valence-corrected chi connectivity index (χ1v) is 11.8. The van der Waals surface area contributed by atoms with Crippen molar-refractivity contribution in [3.05, 3.63) is 53.6 Å². The van der Waals surface area contributed by atoms with Gasteiger partial charge in [-0.15, -0.1) is 0 Å². The van der Waals surface area contributed by atoms with Crippen molar-refractivity contribution < 1.29 is 22.7 Å². The number of sulfonamides is 1. The van der Waals surface area contributed by atoms with Crippen LogP contribution >= 0.6 is 0 Å². The van der Waals surface area contributed by atoms with Gasteiger partial charge in [0, 0.05) is 25.1 Å². The van der Waals surface area contributed by atoms with Crippen molar-refractivity contribution in [2.45, 2.75) is 37.1 Å². The van der Waals surface area contributed by atoms with E-state index in [1.165, 1.54) is 12.1 Å². The van der Waals surface area contributed by atoms with E-state index >= 15 is 0 Å². The number of likely N-dealkylation sites (tertiary alicyclic amines) is 1. The molecule has 0 unspecified atom stereocenters. The molecule has 0 spiro atoms. The summed E-state index contributed by atoms with van der Waals surface area (Å²) in [5.41, 5.74) is 1.50. The number of rotatable bonds is 5. The van der Waals surface area contributed by atoms with E-state index in [1.54, 1.807) is 19.1 Å². The molecule has 4 rings (SSSR count). The number of fused-ring (bicyclic) bond motifs is 1. The highest BCUT2D eigenvalue weighted by atomic mass is 32.2. The zero-order valence-corrected chi connectivity index (χ0v) is 17.8. The van der Waals surface area contributed by atoms with E-state index < -0.39 is 10.0 Å². The number of nitrogens with one attached hydrogen (secondary N) is 1. The van der Waals surface area contributed by atoms with E-state index in [1.807, 2.05) is 23.1 Å². The van der Waals surface area contributed by atoms with Gasteiger partial charge in [-0.2, -0.15) is 0 Å². The fourth-order valence-corrected chi connectivity index (χ4v) is 5.00. The molecule has 0 aliphatic carbocycles. The van der Waals surface area contributed by atoms with Crippen LogP contribution in [0.4, 0.5) is 0 Å². The van der Waals surface area contributed by atoms with Gasteiger partial charge in [0.2, 0.25) is 10.0 Å². The van der Waals surface area contributed by atoms with E-state index in [-0.39, 0.29) is 16.8 Å². The lowest BCUT2D eigenvalue weighted by Crippen LogP contribution is -2.30. The Bertz CT molecular complexity index is 1020. The third-order valence-electron chi connectivity index (χ3n) is 5.42. The van der Waals surface area contributed by atoms with Crippen LogP contribution in [0.15, 0.2) is 47.4 Å². The Balaban J connectivity index is 1.55. The van der Waals surface area contributed by atoms with Gasteiger partial charge >= 0.3 is 0 Å². The molecule has 0 saturated carbocycles. The van der Waals surface area contributed by atoms with Crippen LogP contribution in [0.1, 0.15) is 48.1 Å². The minimum atomic E-state index is -3.54. The highest BCUT2D eigenvalue weighted by Crippen LogP contribution is 2.38. The number of carbonyl (C=O) groups is 1. The van der Waals surface area contributed by atoms with Crippen molar-refractivity contribution in [3.8, 4) is 11.5 Å². The van der Waals surface area contributed by atoms with Crippen molar-refractivity contribution in [3.63, 3.8) is 0 Å². The maximum absolute atomic E-state index is 13.2. The molecule has 2 aromatic rings. The number of ether oxygens (including phenoxy) is 2. The molecule has 2 aromatic carbocycles. The molecule has 2 aliphatic heterocycles. The average molecular weight is 431 g/mol. The molecule has 0 aromatic heterocycles. The Labute approximate surface area is 177 Å². The van der Waals surface area contributed by atoms with Crippen molar-refractivity contribution in [2.24, 2.45) is 0 Å². The van der Waals surface area contributed by atoms with Crippen LogP contribution in [0, 0.1) is 0 Å². The topological polar surface area (TPSA) is 84.9 Å². The first-order chi connectivity index (χ1) is 14.5. The SMILES string of the molecule is CCNS(=O)(=O)c1ccc(C(=O)N2CCC[C@H]2c2ccc3c(c2)OCCCO3)cc1. The van der Waals surface area contributed by atoms with E-state index in [0.717, 1.165) is 36.3 Å². The molecule has 1 N–H and O–H groups in total. The Morgan fingerprint density at radius 3 is 2.53 bits per heavy atom. The first-order valence-electron chi connectivity index (χ1n) is 10.3. The molecule has 7 nitrogen and oxygen atoms in total. The summed E-state index contributed by atoms with van der Waals surface area (Å²) in [6.45, 7) is 3.96. The maximum atomic E-state index is 13.2. The second kappa shape index (κ2) is 8.65. The summed E-state index contributed by atoms with van der Waals surface area (Å²) in [5.74, 6) is 1.36. The Morgan fingerprint density at radius 2 is 1.80 bits per heavy atom. The molecule has 1 saturated heterocycles. The summed E-state index contributed by atoms with van der Waals surface area (Å²) in [6.07, 6.45) is 2.63. The van der Waals surface area contributed by atoms with Gasteiger partial charge in [0.25, 0.3) is 5.91 Å². The van der Waals surface area contributed by atoms with Crippen molar-refractivity contribution >= 4 is 15.9 Å².